The van der Waals surface area contributed by atoms with Gasteiger partial charge in [-0.2, -0.15) is 0 Å². The van der Waals surface area contributed by atoms with Crippen molar-refractivity contribution in [1.82, 2.24) is 15.8 Å². The average molecular weight is 285 g/mol. The first kappa shape index (κ1) is 15.1. The van der Waals surface area contributed by atoms with Crippen molar-refractivity contribution in [3.8, 4) is 0 Å². The molecule has 0 aromatic heterocycles. The summed E-state index contributed by atoms with van der Waals surface area (Å²) in [6.07, 6.45) is 3.27. The first-order valence-electron chi connectivity index (χ1n) is 7.15. The molecule has 0 saturated carbocycles. The van der Waals surface area contributed by atoms with Gasteiger partial charge in [-0.1, -0.05) is 6.42 Å². The van der Waals surface area contributed by atoms with Gasteiger partial charge in [-0.25, -0.2) is 9.80 Å². The second kappa shape index (κ2) is 6.41. The summed E-state index contributed by atoms with van der Waals surface area (Å²) < 4.78 is 5.13. The minimum atomic E-state index is -0.937. The molecule has 0 aliphatic carbocycles. The highest BCUT2D eigenvalue weighted by molar-refractivity contribution is 5.76. The molecular weight excluding hydrogens is 262 g/mol. The van der Waals surface area contributed by atoms with Crippen LogP contribution in [0, 0.1) is 5.92 Å². The van der Waals surface area contributed by atoms with Gasteiger partial charge >= 0.3 is 12.0 Å². The molecule has 2 aliphatic heterocycles. The van der Waals surface area contributed by atoms with Crippen molar-refractivity contribution in [2.24, 2.45) is 5.92 Å². The standard InChI is InChI=1S/C13H23N3O4/c1-8-4-3-5-9(2)16(8)15-13(19)14-11-7-20-6-10(11)12(17)18/h8-11H,3-7H2,1-2H3,(H,17,18)(H2,14,15,19). The summed E-state index contributed by atoms with van der Waals surface area (Å²) in [5.41, 5.74) is 2.84. The highest BCUT2D eigenvalue weighted by Crippen LogP contribution is 2.20. The van der Waals surface area contributed by atoms with E-state index in [0.29, 0.717) is 12.1 Å². The van der Waals surface area contributed by atoms with Gasteiger partial charge in [0.2, 0.25) is 0 Å². The zero-order valence-corrected chi connectivity index (χ0v) is 12.0. The van der Waals surface area contributed by atoms with Crippen LogP contribution in [0.25, 0.3) is 0 Å². The second-order valence-corrected chi connectivity index (χ2v) is 5.71. The summed E-state index contributed by atoms with van der Waals surface area (Å²) in [6.45, 7) is 4.55. The zero-order chi connectivity index (χ0) is 14.7. The van der Waals surface area contributed by atoms with Crippen molar-refractivity contribution < 1.29 is 19.4 Å². The largest absolute Gasteiger partial charge is 0.481 e. The van der Waals surface area contributed by atoms with E-state index in [0.717, 1.165) is 12.8 Å². The quantitative estimate of drug-likeness (QED) is 0.705. The van der Waals surface area contributed by atoms with Gasteiger partial charge in [-0.15, -0.1) is 0 Å². The topological polar surface area (TPSA) is 90.9 Å². The summed E-state index contributed by atoms with van der Waals surface area (Å²) in [4.78, 5) is 23.0. The number of hydrazine groups is 1. The fourth-order valence-corrected chi connectivity index (χ4v) is 2.90. The molecule has 2 heterocycles. The number of amides is 2. The summed E-state index contributed by atoms with van der Waals surface area (Å²) in [5, 5.41) is 13.7. The molecule has 0 bridgehead atoms. The van der Waals surface area contributed by atoms with E-state index in [1.807, 2.05) is 5.01 Å². The number of ether oxygens (including phenoxy) is 1. The second-order valence-electron chi connectivity index (χ2n) is 5.71. The first-order valence-corrected chi connectivity index (χ1v) is 7.15. The molecule has 4 unspecified atom stereocenters. The number of carboxylic acids is 1. The molecule has 2 aliphatic rings. The van der Waals surface area contributed by atoms with Gasteiger partial charge in [0, 0.05) is 12.1 Å². The number of carbonyl (C=O) groups excluding carboxylic acids is 1. The average Bonchev–Trinajstić information content (AvgIpc) is 2.82. The molecule has 114 valence electrons. The summed E-state index contributed by atoms with van der Waals surface area (Å²) in [7, 11) is 0. The highest BCUT2D eigenvalue weighted by atomic mass is 16.5. The van der Waals surface area contributed by atoms with E-state index in [1.165, 1.54) is 6.42 Å². The van der Waals surface area contributed by atoms with E-state index in [9.17, 15) is 9.59 Å². The number of urea groups is 1. The number of nitrogens with one attached hydrogen (secondary N) is 2. The van der Waals surface area contributed by atoms with Crippen LogP contribution in [0.5, 0.6) is 0 Å². The number of hydrogen-bond acceptors (Lipinski definition) is 4. The molecule has 0 spiro atoms. The minimum Gasteiger partial charge on any atom is -0.481 e. The predicted molar refractivity (Wildman–Crippen MR) is 72.0 cm³/mol. The maximum absolute atomic E-state index is 12.0. The number of piperidine rings is 1. The lowest BCUT2D eigenvalue weighted by atomic mass is 10.00. The van der Waals surface area contributed by atoms with Gasteiger partial charge in [-0.3, -0.25) is 10.2 Å². The SMILES string of the molecule is CC1CCCC(C)N1NC(=O)NC1COCC1C(=O)O. The monoisotopic (exact) mass is 285 g/mol. The summed E-state index contributed by atoms with van der Waals surface area (Å²) >= 11 is 0. The number of hydrogen-bond donors (Lipinski definition) is 3. The smallest absolute Gasteiger partial charge is 0.329 e. The van der Waals surface area contributed by atoms with Gasteiger partial charge in [0.15, 0.2) is 0 Å². The van der Waals surface area contributed by atoms with Crippen molar-refractivity contribution in [3.05, 3.63) is 0 Å². The molecule has 20 heavy (non-hydrogen) atoms. The highest BCUT2D eigenvalue weighted by Gasteiger charge is 2.35. The molecule has 7 heteroatoms. The van der Waals surface area contributed by atoms with Gasteiger partial charge < -0.3 is 15.2 Å². The number of aliphatic carboxylic acids is 1. The van der Waals surface area contributed by atoms with Gasteiger partial charge in [0.05, 0.1) is 19.3 Å². The van der Waals surface area contributed by atoms with E-state index in [1.54, 1.807) is 0 Å². The van der Waals surface area contributed by atoms with Crippen LogP contribution in [0.15, 0.2) is 0 Å². The van der Waals surface area contributed by atoms with Gasteiger partial charge in [-0.05, 0) is 26.7 Å². The molecule has 0 radical (unpaired) electrons. The number of nitrogens with zero attached hydrogens (tertiary/aromatic N) is 1. The first-order chi connectivity index (χ1) is 9.49. The van der Waals surface area contributed by atoms with E-state index < -0.39 is 17.9 Å². The van der Waals surface area contributed by atoms with Crippen molar-refractivity contribution >= 4 is 12.0 Å². The molecule has 2 saturated heterocycles. The third kappa shape index (κ3) is 3.40. The Morgan fingerprint density at radius 1 is 1.20 bits per heavy atom. The summed E-state index contributed by atoms with van der Waals surface area (Å²) in [5.74, 6) is -1.61. The Kier molecular flexibility index (Phi) is 4.82. The third-order valence-corrected chi connectivity index (χ3v) is 4.14. The normalized spacial score (nSPS) is 34.7. The predicted octanol–water partition coefficient (Wildman–Crippen LogP) is 0.563. The summed E-state index contributed by atoms with van der Waals surface area (Å²) in [6, 6.07) is -0.241. The van der Waals surface area contributed by atoms with E-state index in [-0.39, 0.29) is 19.2 Å². The lowest BCUT2D eigenvalue weighted by molar-refractivity contribution is -0.142. The minimum absolute atomic E-state index is 0.150. The Morgan fingerprint density at radius 3 is 2.45 bits per heavy atom. The maximum Gasteiger partial charge on any atom is 0.329 e. The Balaban J connectivity index is 1.87. The Labute approximate surface area is 118 Å². The van der Waals surface area contributed by atoms with Crippen molar-refractivity contribution in [3.63, 3.8) is 0 Å². The van der Waals surface area contributed by atoms with Crippen LogP contribution in [-0.2, 0) is 9.53 Å². The van der Waals surface area contributed by atoms with Gasteiger partial charge in [0.25, 0.3) is 0 Å². The fourth-order valence-electron chi connectivity index (χ4n) is 2.90. The molecule has 2 rings (SSSR count). The fraction of sp³-hybridized carbons (Fsp3) is 0.846. The van der Waals surface area contributed by atoms with Crippen LogP contribution in [0.4, 0.5) is 4.79 Å². The van der Waals surface area contributed by atoms with Crippen LogP contribution in [0.1, 0.15) is 33.1 Å². The van der Waals surface area contributed by atoms with Crippen LogP contribution in [0.3, 0.4) is 0 Å². The van der Waals surface area contributed by atoms with Gasteiger partial charge in [0.1, 0.15) is 5.92 Å². The molecular formula is C13H23N3O4. The lowest BCUT2D eigenvalue weighted by Gasteiger charge is -2.38. The molecule has 2 fully saturated rings. The lowest BCUT2D eigenvalue weighted by Crippen LogP contribution is -2.58. The third-order valence-electron chi connectivity index (χ3n) is 4.14. The Bertz CT molecular complexity index is 367. The Hall–Kier alpha value is -1.34. The molecule has 4 atom stereocenters. The van der Waals surface area contributed by atoms with E-state index in [4.69, 9.17) is 9.84 Å². The van der Waals surface area contributed by atoms with E-state index >= 15 is 0 Å². The maximum atomic E-state index is 12.0. The van der Waals surface area contributed by atoms with Crippen molar-refractivity contribution in [2.45, 2.75) is 51.2 Å². The Morgan fingerprint density at radius 2 is 1.85 bits per heavy atom. The van der Waals surface area contributed by atoms with Crippen molar-refractivity contribution in [2.75, 3.05) is 13.2 Å². The molecule has 0 aromatic rings. The number of carbonyl (C=O) groups is 2. The zero-order valence-electron chi connectivity index (χ0n) is 12.0. The van der Waals surface area contributed by atoms with Crippen LogP contribution in [-0.4, -0.2) is 53.5 Å². The molecule has 7 nitrogen and oxygen atoms in total. The molecule has 2 amide bonds. The van der Waals surface area contributed by atoms with Crippen LogP contribution >= 0.6 is 0 Å². The van der Waals surface area contributed by atoms with E-state index in [2.05, 4.69) is 24.6 Å². The molecule has 3 N–H and O–H groups in total. The number of rotatable bonds is 3. The van der Waals surface area contributed by atoms with Crippen LogP contribution in [0.2, 0.25) is 0 Å². The van der Waals surface area contributed by atoms with Crippen LogP contribution < -0.4 is 10.7 Å². The molecule has 0 aromatic carbocycles. The number of carboxylic acid groups (broad SMARTS) is 1. The van der Waals surface area contributed by atoms with Crippen molar-refractivity contribution in [1.29, 1.82) is 0 Å².